The zero-order valence-electron chi connectivity index (χ0n) is 15.2. The lowest BCUT2D eigenvalue weighted by atomic mass is 10.2. The number of tetrazole rings is 1. The van der Waals surface area contributed by atoms with E-state index in [0.29, 0.717) is 16.7 Å². The zero-order valence-corrected chi connectivity index (χ0v) is 16.1. The Morgan fingerprint density at radius 2 is 1.75 bits per heavy atom. The fourth-order valence-corrected chi connectivity index (χ4v) is 3.69. The number of aryl methyl sites for hydroxylation is 1. The summed E-state index contributed by atoms with van der Waals surface area (Å²) in [5.41, 5.74) is 1.72. The molecule has 0 N–H and O–H groups in total. The van der Waals surface area contributed by atoms with Crippen molar-refractivity contribution in [2.24, 2.45) is 0 Å². The van der Waals surface area contributed by atoms with E-state index in [1.54, 1.807) is 16.8 Å². The molecule has 0 spiro atoms. The lowest BCUT2D eigenvalue weighted by Gasteiger charge is -2.10. The lowest BCUT2D eigenvalue weighted by molar-refractivity contribution is 0.564. The van der Waals surface area contributed by atoms with E-state index >= 15 is 0 Å². The minimum Gasteiger partial charge on any atom is -0.270 e. The molecule has 0 aliphatic carbocycles. The van der Waals surface area contributed by atoms with Gasteiger partial charge >= 0.3 is 0 Å². The Bertz CT molecular complexity index is 1040. The van der Waals surface area contributed by atoms with Gasteiger partial charge in [-0.3, -0.25) is 4.57 Å². The normalized spacial score (nSPS) is 11.1. The van der Waals surface area contributed by atoms with Gasteiger partial charge in [0.2, 0.25) is 0 Å². The average molecular weight is 395 g/mol. The molecule has 0 bridgehead atoms. The van der Waals surface area contributed by atoms with E-state index in [1.165, 1.54) is 23.9 Å². The second-order valence-corrected chi connectivity index (χ2v) is 7.03. The third kappa shape index (κ3) is 3.79. The molecular formula is C19H18FN7S. The van der Waals surface area contributed by atoms with Crippen molar-refractivity contribution in [3.63, 3.8) is 0 Å². The SMILES string of the molecule is CCCn1nnnc1CSc1nnc(-c2ccccc2)n1-c1ccc(F)cc1. The molecule has 0 saturated heterocycles. The summed E-state index contributed by atoms with van der Waals surface area (Å²) in [4.78, 5) is 0. The van der Waals surface area contributed by atoms with Crippen molar-refractivity contribution in [3.8, 4) is 17.1 Å². The van der Waals surface area contributed by atoms with Gasteiger partial charge < -0.3 is 0 Å². The maximum atomic E-state index is 13.4. The molecule has 0 aliphatic heterocycles. The van der Waals surface area contributed by atoms with Gasteiger partial charge in [-0.15, -0.1) is 15.3 Å². The molecule has 2 aromatic heterocycles. The van der Waals surface area contributed by atoms with Crippen molar-refractivity contribution >= 4 is 11.8 Å². The number of benzene rings is 2. The van der Waals surface area contributed by atoms with Gasteiger partial charge in [-0.25, -0.2) is 9.07 Å². The predicted octanol–water partition coefficient (Wildman–Crippen LogP) is 3.76. The minimum absolute atomic E-state index is 0.286. The van der Waals surface area contributed by atoms with E-state index in [-0.39, 0.29) is 5.82 Å². The quantitative estimate of drug-likeness (QED) is 0.444. The molecule has 28 heavy (non-hydrogen) atoms. The van der Waals surface area contributed by atoms with Gasteiger partial charge in [0.15, 0.2) is 16.8 Å². The third-order valence-corrected chi connectivity index (χ3v) is 5.05. The summed E-state index contributed by atoms with van der Waals surface area (Å²) in [5, 5.41) is 21.3. The van der Waals surface area contributed by atoms with Crippen LogP contribution in [0.15, 0.2) is 59.8 Å². The highest BCUT2D eigenvalue weighted by atomic mass is 32.2. The lowest BCUT2D eigenvalue weighted by Crippen LogP contribution is -2.05. The maximum absolute atomic E-state index is 13.4. The van der Waals surface area contributed by atoms with Crippen LogP contribution in [0.4, 0.5) is 4.39 Å². The Kier molecular flexibility index (Phi) is 5.43. The first-order valence-corrected chi connectivity index (χ1v) is 9.89. The van der Waals surface area contributed by atoms with E-state index in [1.807, 2.05) is 34.9 Å². The van der Waals surface area contributed by atoms with Crippen LogP contribution in [0.1, 0.15) is 19.2 Å². The predicted molar refractivity (Wildman–Crippen MR) is 104 cm³/mol. The van der Waals surface area contributed by atoms with Crippen LogP contribution >= 0.6 is 11.8 Å². The molecule has 0 unspecified atom stereocenters. The first-order valence-electron chi connectivity index (χ1n) is 8.91. The van der Waals surface area contributed by atoms with Gasteiger partial charge in [0.1, 0.15) is 5.82 Å². The van der Waals surface area contributed by atoms with Crippen LogP contribution in [-0.4, -0.2) is 35.0 Å². The molecule has 0 radical (unpaired) electrons. The van der Waals surface area contributed by atoms with Crippen LogP contribution in [0, 0.1) is 5.82 Å². The Balaban J connectivity index is 1.70. The Labute approximate surface area is 165 Å². The van der Waals surface area contributed by atoms with Gasteiger partial charge in [0.05, 0.1) is 5.75 Å². The number of halogens is 1. The highest BCUT2D eigenvalue weighted by Gasteiger charge is 2.17. The Morgan fingerprint density at radius 1 is 0.964 bits per heavy atom. The molecule has 4 aromatic rings. The van der Waals surface area contributed by atoms with Crippen molar-refractivity contribution in [2.75, 3.05) is 0 Å². The van der Waals surface area contributed by atoms with E-state index in [2.05, 4.69) is 32.6 Å². The number of aromatic nitrogens is 7. The van der Waals surface area contributed by atoms with E-state index in [9.17, 15) is 4.39 Å². The third-order valence-electron chi connectivity index (χ3n) is 4.12. The smallest absolute Gasteiger partial charge is 0.196 e. The molecule has 0 fully saturated rings. The van der Waals surface area contributed by atoms with E-state index in [4.69, 9.17) is 0 Å². The summed E-state index contributed by atoms with van der Waals surface area (Å²) in [7, 11) is 0. The van der Waals surface area contributed by atoms with Gasteiger partial charge in [-0.2, -0.15) is 0 Å². The van der Waals surface area contributed by atoms with Crippen molar-refractivity contribution in [1.82, 2.24) is 35.0 Å². The fourth-order valence-electron chi connectivity index (χ4n) is 2.80. The molecule has 9 heteroatoms. The molecule has 0 atom stereocenters. The molecule has 2 aromatic carbocycles. The second-order valence-electron chi connectivity index (χ2n) is 6.09. The number of thioether (sulfide) groups is 1. The van der Waals surface area contributed by atoms with E-state index in [0.717, 1.165) is 30.0 Å². The second kappa shape index (κ2) is 8.30. The number of nitrogens with zero attached hydrogens (tertiary/aromatic N) is 7. The van der Waals surface area contributed by atoms with Crippen LogP contribution in [0.2, 0.25) is 0 Å². The highest BCUT2D eigenvalue weighted by Crippen LogP contribution is 2.29. The summed E-state index contributed by atoms with van der Waals surface area (Å²) in [6, 6.07) is 16.1. The standard InChI is InChI=1S/C19H18FN7S/c1-2-12-26-17(21-24-25-26)13-28-19-23-22-18(14-6-4-3-5-7-14)27(19)16-10-8-15(20)9-11-16/h3-11H,2,12-13H2,1H3. The van der Waals surface area contributed by atoms with Crippen LogP contribution in [0.25, 0.3) is 17.1 Å². The van der Waals surface area contributed by atoms with Crippen LogP contribution < -0.4 is 0 Å². The summed E-state index contributed by atoms with van der Waals surface area (Å²) in [6.45, 7) is 2.85. The number of hydrogen-bond acceptors (Lipinski definition) is 6. The monoisotopic (exact) mass is 395 g/mol. The van der Waals surface area contributed by atoms with Gasteiger partial charge in [-0.05, 0) is 41.1 Å². The average Bonchev–Trinajstić information content (AvgIpc) is 3.35. The van der Waals surface area contributed by atoms with Gasteiger partial charge in [0, 0.05) is 17.8 Å². The van der Waals surface area contributed by atoms with Gasteiger partial charge in [0.25, 0.3) is 0 Å². The van der Waals surface area contributed by atoms with Crippen molar-refractivity contribution in [2.45, 2.75) is 30.8 Å². The molecule has 2 heterocycles. The summed E-state index contributed by atoms with van der Waals surface area (Å²) >= 11 is 1.49. The highest BCUT2D eigenvalue weighted by molar-refractivity contribution is 7.98. The molecule has 0 amide bonds. The largest absolute Gasteiger partial charge is 0.270 e. The van der Waals surface area contributed by atoms with E-state index < -0.39 is 0 Å². The maximum Gasteiger partial charge on any atom is 0.196 e. The fraction of sp³-hybridized carbons (Fsp3) is 0.211. The molecule has 0 aliphatic rings. The molecule has 7 nitrogen and oxygen atoms in total. The van der Waals surface area contributed by atoms with Crippen LogP contribution in [-0.2, 0) is 12.3 Å². The summed E-state index contributed by atoms with van der Waals surface area (Å²) in [5.74, 6) is 1.75. The molecule has 0 saturated carbocycles. The van der Waals surface area contributed by atoms with Crippen molar-refractivity contribution < 1.29 is 4.39 Å². The number of hydrogen-bond donors (Lipinski definition) is 0. The van der Waals surface area contributed by atoms with Crippen LogP contribution in [0.5, 0.6) is 0 Å². The first kappa shape index (κ1) is 18.3. The summed E-state index contributed by atoms with van der Waals surface area (Å²) < 4.78 is 17.2. The van der Waals surface area contributed by atoms with Crippen LogP contribution in [0.3, 0.4) is 0 Å². The van der Waals surface area contributed by atoms with Gasteiger partial charge in [-0.1, -0.05) is 49.0 Å². The summed E-state index contributed by atoms with van der Waals surface area (Å²) in [6.07, 6.45) is 0.951. The Hall–Kier alpha value is -3.07. The van der Waals surface area contributed by atoms with Crippen molar-refractivity contribution in [1.29, 1.82) is 0 Å². The molecule has 142 valence electrons. The number of rotatable bonds is 7. The molecule has 4 rings (SSSR count). The van der Waals surface area contributed by atoms with Crippen molar-refractivity contribution in [3.05, 3.63) is 66.2 Å². The first-order chi connectivity index (χ1) is 13.8. The topological polar surface area (TPSA) is 74.3 Å². The zero-order chi connectivity index (χ0) is 19.3. The molecular weight excluding hydrogens is 377 g/mol. The minimum atomic E-state index is -0.286. The Morgan fingerprint density at radius 3 is 2.50 bits per heavy atom.